The molecule has 0 saturated heterocycles. The van der Waals surface area contributed by atoms with E-state index < -0.39 is 29.2 Å². The third kappa shape index (κ3) is 1.91. The SMILES string of the molecule is CC1=C(C)C(=O)N(c2ccc(F)c(C(=O)O)c2)C1=O. The zero-order chi connectivity index (χ0) is 14.3. The summed E-state index contributed by atoms with van der Waals surface area (Å²) < 4.78 is 13.3. The molecule has 0 unspecified atom stereocenters. The number of benzene rings is 1. The lowest BCUT2D eigenvalue weighted by Crippen LogP contribution is -2.31. The monoisotopic (exact) mass is 263 g/mol. The number of carboxylic acids is 1. The lowest BCUT2D eigenvalue weighted by molar-refractivity contribution is -0.120. The number of nitrogens with zero attached hydrogens (tertiary/aromatic N) is 1. The Morgan fingerprint density at radius 1 is 1.16 bits per heavy atom. The van der Waals surface area contributed by atoms with Gasteiger partial charge in [-0.15, -0.1) is 0 Å². The summed E-state index contributed by atoms with van der Waals surface area (Å²) in [5, 5.41) is 8.83. The van der Waals surface area contributed by atoms with Gasteiger partial charge in [0.05, 0.1) is 11.3 Å². The predicted molar refractivity (Wildman–Crippen MR) is 64.2 cm³/mol. The van der Waals surface area contributed by atoms with Crippen molar-refractivity contribution in [3.05, 3.63) is 40.7 Å². The van der Waals surface area contributed by atoms with Gasteiger partial charge in [-0.2, -0.15) is 0 Å². The smallest absolute Gasteiger partial charge is 0.338 e. The highest BCUT2D eigenvalue weighted by Gasteiger charge is 2.35. The van der Waals surface area contributed by atoms with Crippen molar-refractivity contribution in [3.8, 4) is 0 Å². The zero-order valence-corrected chi connectivity index (χ0v) is 10.2. The minimum Gasteiger partial charge on any atom is -0.478 e. The summed E-state index contributed by atoms with van der Waals surface area (Å²) in [4.78, 5) is 35.5. The fraction of sp³-hybridized carbons (Fsp3) is 0.154. The highest BCUT2D eigenvalue weighted by molar-refractivity contribution is 6.32. The molecule has 0 aliphatic carbocycles. The van der Waals surface area contributed by atoms with E-state index in [-0.39, 0.29) is 5.69 Å². The van der Waals surface area contributed by atoms with E-state index in [0.29, 0.717) is 11.1 Å². The van der Waals surface area contributed by atoms with E-state index in [0.717, 1.165) is 17.0 Å². The molecule has 6 heteroatoms. The van der Waals surface area contributed by atoms with Gasteiger partial charge in [0.15, 0.2) is 0 Å². The van der Waals surface area contributed by atoms with Gasteiger partial charge in [0.25, 0.3) is 11.8 Å². The van der Waals surface area contributed by atoms with Crippen LogP contribution in [0.3, 0.4) is 0 Å². The summed E-state index contributed by atoms with van der Waals surface area (Å²) >= 11 is 0. The molecular formula is C13H10FNO4. The number of hydrogen-bond acceptors (Lipinski definition) is 3. The summed E-state index contributed by atoms with van der Waals surface area (Å²) in [5.74, 6) is -3.42. The van der Waals surface area contributed by atoms with E-state index >= 15 is 0 Å². The first-order valence-corrected chi connectivity index (χ1v) is 5.43. The average molecular weight is 263 g/mol. The molecule has 1 aromatic carbocycles. The maximum absolute atomic E-state index is 13.3. The van der Waals surface area contributed by atoms with Crippen molar-refractivity contribution in [3.63, 3.8) is 0 Å². The number of anilines is 1. The lowest BCUT2D eigenvalue weighted by Gasteiger charge is -2.15. The molecule has 0 spiro atoms. The van der Waals surface area contributed by atoms with E-state index in [1.807, 2.05) is 0 Å². The summed E-state index contributed by atoms with van der Waals surface area (Å²) in [6.07, 6.45) is 0. The fourth-order valence-electron chi connectivity index (χ4n) is 1.80. The van der Waals surface area contributed by atoms with Gasteiger partial charge in [-0.25, -0.2) is 14.1 Å². The minimum atomic E-state index is -1.46. The minimum absolute atomic E-state index is 0.0463. The molecule has 2 amide bonds. The van der Waals surface area contributed by atoms with Crippen LogP contribution >= 0.6 is 0 Å². The quantitative estimate of drug-likeness (QED) is 0.824. The van der Waals surface area contributed by atoms with Gasteiger partial charge in [-0.3, -0.25) is 9.59 Å². The number of rotatable bonds is 2. The lowest BCUT2D eigenvalue weighted by atomic mass is 10.1. The highest BCUT2D eigenvalue weighted by Crippen LogP contribution is 2.27. The van der Waals surface area contributed by atoms with Crippen LogP contribution in [0, 0.1) is 5.82 Å². The third-order valence-electron chi connectivity index (χ3n) is 3.05. The number of amides is 2. The number of carbonyl (C=O) groups is 3. The molecule has 1 aliphatic heterocycles. The van der Waals surface area contributed by atoms with Gasteiger partial charge in [0.2, 0.25) is 0 Å². The maximum Gasteiger partial charge on any atom is 0.338 e. The second kappa shape index (κ2) is 4.31. The first-order chi connectivity index (χ1) is 8.84. The van der Waals surface area contributed by atoms with Crippen molar-refractivity contribution in [1.82, 2.24) is 0 Å². The Hall–Kier alpha value is -2.50. The summed E-state index contributed by atoms with van der Waals surface area (Å²) in [6.45, 7) is 3.02. The molecule has 0 saturated carbocycles. The Balaban J connectivity index is 2.51. The Morgan fingerprint density at radius 2 is 1.68 bits per heavy atom. The van der Waals surface area contributed by atoms with Crippen molar-refractivity contribution in [2.24, 2.45) is 0 Å². The van der Waals surface area contributed by atoms with Gasteiger partial charge in [0.1, 0.15) is 5.82 Å². The number of halogens is 1. The molecule has 98 valence electrons. The number of aromatic carboxylic acids is 1. The van der Waals surface area contributed by atoms with Gasteiger partial charge >= 0.3 is 5.97 Å². The van der Waals surface area contributed by atoms with Gasteiger partial charge in [-0.05, 0) is 32.0 Å². The fourth-order valence-corrected chi connectivity index (χ4v) is 1.80. The van der Waals surface area contributed by atoms with E-state index in [2.05, 4.69) is 0 Å². The summed E-state index contributed by atoms with van der Waals surface area (Å²) in [5.41, 5.74) is 0.0581. The molecule has 0 aromatic heterocycles. The Morgan fingerprint density at radius 3 is 2.16 bits per heavy atom. The van der Waals surface area contributed by atoms with Crippen LogP contribution in [0.2, 0.25) is 0 Å². The first kappa shape index (κ1) is 12.9. The molecule has 19 heavy (non-hydrogen) atoms. The molecule has 1 aliphatic rings. The third-order valence-corrected chi connectivity index (χ3v) is 3.05. The van der Waals surface area contributed by atoms with E-state index in [9.17, 15) is 18.8 Å². The second-order valence-electron chi connectivity index (χ2n) is 4.17. The van der Waals surface area contributed by atoms with E-state index in [1.54, 1.807) is 0 Å². The van der Waals surface area contributed by atoms with Gasteiger partial charge in [0, 0.05) is 11.1 Å². The van der Waals surface area contributed by atoms with Crippen LogP contribution in [0.15, 0.2) is 29.3 Å². The number of carbonyl (C=O) groups excluding carboxylic acids is 2. The predicted octanol–water partition coefficient (Wildman–Crippen LogP) is 1.73. The standard InChI is InChI=1S/C13H10FNO4/c1-6-7(2)12(17)15(11(6)16)8-3-4-10(14)9(5-8)13(18)19/h3-5H,1-2H3,(H,18,19). The van der Waals surface area contributed by atoms with Crippen molar-refractivity contribution >= 4 is 23.5 Å². The number of imide groups is 1. The molecule has 1 N–H and O–H groups in total. The van der Waals surface area contributed by atoms with Crippen LogP contribution in [0.1, 0.15) is 24.2 Å². The van der Waals surface area contributed by atoms with Gasteiger partial charge in [-0.1, -0.05) is 0 Å². The number of carboxylic acid groups (broad SMARTS) is 1. The molecule has 0 bridgehead atoms. The summed E-state index contributed by atoms with van der Waals surface area (Å²) in [7, 11) is 0. The van der Waals surface area contributed by atoms with Crippen molar-refractivity contribution in [2.45, 2.75) is 13.8 Å². The molecule has 5 nitrogen and oxygen atoms in total. The number of hydrogen-bond donors (Lipinski definition) is 1. The topological polar surface area (TPSA) is 74.7 Å². The first-order valence-electron chi connectivity index (χ1n) is 5.43. The molecular weight excluding hydrogens is 253 g/mol. The van der Waals surface area contributed by atoms with Crippen molar-refractivity contribution < 1.29 is 23.9 Å². The summed E-state index contributed by atoms with van der Waals surface area (Å²) in [6, 6.07) is 3.09. The van der Waals surface area contributed by atoms with Crippen LogP contribution in [0.25, 0.3) is 0 Å². The van der Waals surface area contributed by atoms with E-state index in [4.69, 9.17) is 5.11 Å². The maximum atomic E-state index is 13.3. The second-order valence-corrected chi connectivity index (χ2v) is 4.17. The zero-order valence-electron chi connectivity index (χ0n) is 10.2. The largest absolute Gasteiger partial charge is 0.478 e. The molecule has 1 aromatic rings. The Bertz CT molecular complexity index is 624. The normalized spacial score (nSPS) is 15.4. The van der Waals surface area contributed by atoms with Crippen LogP contribution in [0.5, 0.6) is 0 Å². The van der Waals surface area contributed by atoms with Crippen LogP contribution in [0.4, 0.5) is 10.1 Å². The average Bonchev–Trinajstić information content (AvgIpc) is 2.55. The van der Waals surface area contributed by atoms with Crippen molar-refractivity contribution in [1.29, 1.82) is 0 Å². The molecule has 0 atom stereocenters. The van der Waals surface area contributed by atoms with Crippen LogP contribution in [-0.4, -0.2) is 22.9 Å². The Kier molecular flexibility index (Phi) is 2.94. The van der Waals surface area contributed by atoms with Crippen LogP contribution < -0.4 is 4.90 Å². The molecule has 0 fully saturated rings. The van der Waals surface area contributed by atoms with Crippen molar-refractivity contribution in [2.75, 3.05) is 4.90 Å². The van der Waals surface area contributed by atoms with Gasteiger partial charge < -0.3 is 5.11 Å². The van der Waals surface area contributed by atoms with Crippen LogP contribution in [-0.2, 0) is 9.59 Å². The van der Waals surface area contributed by atoms with E-state index in [1.165, 1.54) is 19.9 Å². The Labute approximate surface area is 107 Å². The molecule has 2 rings (SSSR count). The molecule has 1 heterocycles. The highest BCUT2D eigenvalue weighted by atomic mass is 19.1. The molecule has 0 radical (unpaired) electrons.